The molecule has 2 aliphatic heterocycles. The fraction of sp³-hybridized carbons (Fsp3) is 0.364. The van der Waals surface area contributed by atoms with Gasteiger partial charge in [0, 0.05) is 46.2 Å². The molecule has 0 aliphatic carbocycles. The Bertz CT molecular complexity index is 1780. The lowest BCUT2D eigenvalue weighted by molar-refractivity contribution is -0.138. The minimum Gasteiger partial charge on any atom is -0.481 e. The molecule has 4 rings (SSSR count). The number of carbonyl (C=O) groups excluding carboxylic acids is 2. The van der Waals surface area contributed by atoms with Crippen molar-refractivity contribution < 1.29 is 29.4 Å². The topological polar surface area (TPSA) is 165 Å². The van der Waals surface area contributed by atoms with Gasteiger partial charge in [-0.15, -0.1) is 0 Å². The van der Waals surface area contributed by atoms with E-state index in [4.69, 9.17) is 0 Å². The van der Waals surface area contributed by atoms with Gasteiger partial charge in [-0.25, -0.2) is 4.99 Å². The molecule has 0 saturated carbocycles. The second kappa shape index (κ2) is 12.6. The van der Waals surface area contributed by atoms with E-state index in [1.807, 2.05) is 65.8 Å². The SMILES string of the molecule is CC=C1C(=Cc2[nH]c(C=c3[nH]c(=CC4=NC(=O)C(CC)=C4C)c(C)c3CCC(=O)O)c(CCC(=O)O)c2C)NC(=O)[C@H]1C. The van der Waals surface area contributed by atoms with Gasteiger partial charge in [0.25, 0.3) is 5.91 Å². The fourth-order valence-electron chi connectivity index (χ4n) is 5.77. The van der Waals surface area contributed by atoms with Crippen LogP contribution in [0, 0.1) is 19.8 Å². The predicted molar refractivity (Wildman–Crippen MR) is 165 cm³/mol. The Morgan fingerprint density at radius 3 is 2.12 bits per heavy atom. The van der Waals surface area contributed by atoms with Crippen LogP contribution in [0.25, 0.3) is 18.2 Å². The van der Waals surface area contributed by atoms with Crippen LogP contribution < -0.4 is 16.0 Å². The van der Waals surface area contributed by atoms with Gasteiger partial charge < -0.3 is 25.5 Å². The van der Waals surface area contributed by atoms with Gasteiger partial charge in [0.2, 0.25) is 5.91 Å². The number of aromatic nitrogens is 2. The number of carboxylic acid groups (broad SMARTS) is 2. The molecule has 0 unspecified atom stereocenters. The molecule has 2 aromatic rings. The van der Waals surface area contributed by atoms with Crippen LogP contribution in [0.15, 0.2) is 33.5 Å². The molecular weight excluding hydrogens is 548 g/mol. The normalized spacial score (nSPS) is 19.8. The van der Waals surface area contributed by atoms with Crippen molar-refractivity contribution in [3.8, 4) is 0 Å². The molecule has 2 aliphatic rings. The number of rotatable bonds is 10. The highest BCUT2D eigenvalue weighted by Crippen LogP contribution is 2.29. The molecule has 5 N–H and O–H groups in total. The number of allylic oxidation sites excluding steroid dienone is 3. The van der Waals surface area contributed by atoms with E-state index in [-0.39, 0.29) is 43.4 Å². The molecule has 0 bridgehead atoms. The van der Waals surface area contributed by atoms with Crippen molar-refractivity contribution in [2.75, 3.05) is 0 Å². The molecule has 0 aromatic carbocycles. The average Bonchev–Trinajstić information content (AvgIpc) is 3.59. The second-order valence-electron chi connectivity index (χ2n) is 11.0. The summed E-state index contributed by atoms with van der Waals surface area (Å²) in [7, 11) is 0. The number of nitrogens with zero attached hydrogens (tertiary/aromatic N) is 1. The number of aliphatic carboxylic acids is 2. The third kappa shape index (κ3) is 6.38. The Kier molecular flexibility index (Phi) is 9.18. The van der Waals surface area contributed by atoms with E-state index in [0.717, 1.165) is 39.1 Å². The summed E-state index contributed by atoms with van der Waals surface area (Å²) in [6.07, 6.45) is 8.45. The van der Waals surface area contributed by atoms with Gasteiger partial charge in [-0.2, -0.15) is 0 Å². The third-order valence-electron chi connectivity index (χ3n) is 8.35. The van der Waals surface area contributed by atoms with Gasteiger partial charge in [0.05, 0.1) is 11.6 Å². The molecule has 1 saturated heterocycles. The largest absolute Gasteiger partial charge is 0.481 e. The Morgan fingerprint density at radius 1 is 0.884 bits per heavy atom. The fourth-order valence-corrected chi connectivity index (χ4v) is 5.77. The monoisotopic (exact) mass is 586 g/mol. The zero-order valence-corrected chi connectivity index (χ0v) is 25.4. The number of hydrogen-bond acceptors (Lipinski definition) is 4. The van der Waals surface area contributed by atoms with Crippen LogP contribution >= 0.6 is 0 Å². The van der Waals surface area contributed by atoms with Crippen LogP contribution in [-0.2, 0) is 32.0 Å². The lowest BCUT2D eigenvalue weighted by atomic mass is 10.00. The van der Waals surface area contributed by atoms with Crippen molar-refractivity contribution in [3.63, 3.8) is 0 Å². The van der Waals surface area contributed by atoms with Crippen molar-refractivity contribution in [1.82, 2.24) is 15.3 Å². The summed E-state index contributed by atoms with van der Waals surface area (Å²) in [4.78, 5) is 58.8. The highest BCUT2D eigenvalue weighted by molar-refractivity contribution is 6.30. The van der Waals surface area contributed by atoms with Crippen molar-refractivity contribution in [1.29, 1.82) is 0 Å². The highest BCUT2D eigenvalue weighted by Gasteiger charge is 2.29. The first-order chi connectivity index (χ1) is 20.4. The van der Waals surface area contributed by atoms with Crippen molar-refractivity contribution in [2.24, 2.45) is 10.9 Å². The molecule has 10 nitrogen and oxygen atoms in total. The van der Waals surface area contributed by atoms with Crippen molar-refractivity contribution in [2.45, 2.75) is 73.6 Å². The maximum Gasteiger partial charge on any atom is 0.303 e. The number of carboxylic acids is 2. The molecule has 0 radical (unpaired) electrons. The molecule has 4 heterocycles. The summed E-state index contributed by atoms with van der Waals surface area (Å²) >= 11 is 0. The summed E-state index contributed by atoms with van der Waals surface area (Å²) in [5, 5.41) is 23.2. The Hall–Kier alpha value is -4.73. The smallest absolute Gasteiger partial charge is 0.303 e. The van der Waals surface area contributed by atoms with E-state index >= 15 is 0 Å². The van der Waals surface area contributed by atoms with Gasteiger partial charge in [0.15, 0.2) is 0 Å². The van der Waals surface area contributed by atoms with E-state index < -0.39 is 11.9 Å². The van der Waals surface area contributed by atoms with Gasteiger partial charge in [-0.05, 0) is 106 Å². The zero-order chi connectivity index (χ0) is 31.6. The zero-order valence-electron chi connectivity index (χ0n) is 25.4. The third-order valence-corrected chi connectivity index (χ3v) is 8.35. The van der Waals surface area contributed by atoms with E-state index in [1.165, 1.54) is 0 Å². The predicted octanol–water partition coefficient (Wildman–Crippen LogP) is 3.36. The standard InChI is InChI=1S/C33H38N4O6/c1-7-20-19(6)32(42)37-27(20)14-25-18(5)23(10-12-31(40)41)29(35-25)15-28-22(9-11-30(38)39)17(4)24(34-28)13-26-16(3)21(8-2)33(43)36-26/h7,13-15,19,34-35H,8-12H2,1-6H3,(H,37,42)(H,38,39)(H,40,41)/t19-/m0/s1. The molecule has 1 atom stereocenters. The minimum absolute atomic E-state index is 0.0721. The van der Waals surface area contributed by atoms with Crippen molar-refractivity contribution in [3.05, 3.63) is 72.8 Å². The Balaban J connectivity index is 1.91. The molecule has 1 fully saturated rings. The Labute approximate surface area is 249 Å². The maximum atomic E-state index is 12.3. The Morgan fingerprint density at radius 2 is 1.53 bits per heavy atom. The molecule has 10 heteroatoms. The molecule has 2 aromatic heterocycles. The molecule has 0 spiro atoms. The van der Waals surface area contributed by atoms with Gasteiger partial charge in [0.1, 0.15) is 0 Å². The first-order valence-corrected chi connectivity index (χ1v) is 14.4. The van der Waals surface area contributed by atoms with Gasteiger partial charge in [-0.3, -0.25) is 19.2 Å². The van der Waals surface area contributed by atoms with Crippen LogP contribution in [0.1, 0.15) is 80.6 Å². The number of aliphatic imine (C=N–C) groups is 1. The van der Waals surface area contributed by atoms with Crippen molar-refractivity contribution >= 4 is 47.7 Å². The molecule has 226 valence electrons. The summed E-state index contributed by atoms with van der Waals surface area (Å²) in [6, 6.07) is 0. The summed E-state index contributed by atoms with van der Waals surface area (Å²) < 4.78 is 0. The van der Waals surface area contributed by atoms with Gasteiger partial charge >= 0.3 is 11.9 Å². The van der Waals surface area contributed by atoms with E-state index in [2.05, 4.69) is 20.3 Å². The lowest BCUT2D eigenvalue weighted by Gasteiger charge is -2.03. The summed E-state index contributed by atoms with van der Waals surface area (Å²) in [5.41, 5.74) is 8.40. The van der Waals surface area contributed by atoms with Crippen LogP contribution in [0.5, 0.6) is 0 Å². The number of hydrogen-bond donors (Lipinski definition) is 5. The molecule has 2 amide bonds. The highest BCUT2D eigenvalue weighted by atomic mass is 16.4. The first-order valence-electron chi connectivity index (χ1n) is 14.4. The van der Waals surface area contributed by atoms with E-state index in [1.54, 1.807) is 0 Å². The van der Waals surface area contributed by atoms with Crippen LogP contribution in [0.2, 0.25) is 0 Å². The van der Waals surface area contributed by atoms with Gasteiger partial charge in [-0.1, -0.05) is 13.0 Å². The second-order valence-corrected chi connectivity index (χ2v) is 11.0. The number of nitrogens with one attached hydrogen (secondary N) is 3. The van der Waals surface area contributed by atoms with Crippen LogP contribution in [-0.4, -0.2) is 49.6 Å². The lowest BCUT2D eigenvalue weighted by Crippen LogP contribution is -2.16. The van der Waals surface area contributed by atoms with Crippen LogP contribution in [0.4, 0.5) is 0 Å². The molecular formula is C33H38N4O6. The number of H-pyrrole nitrogens is 2. The van der Waals surface area contributed by atoms with E-state index in [9.17, 15) is 29.4 Å². The average molecular weight is 587 g/mol. The molecule has 43 heavy (non-hydrogen) atoms. The van der Waals surface area contributed by atoms with E-state index in [0.29, 0.717) is 39.8 Å². The number of carbonyl (C=O) groups is 4. The number of aromatic amines is 2. The summed E-state index contributed by atoms with van der Waals surface area (Å²) in [6.45, 7) is 11.3. The number of amides is 2. The minimum atomic E-state index is -0.923. The summed E-state index contributed by atoms with van der Waals surface area (Å²) in [5.74, 6) is -2.44. The maximum absolute atomic E-state index is 12.3. The van der Waals surface area contributed by atoms with Crippen LogP contribution in [0.3, 0.4) is 0 Å². The quantitative estimate of drug-likeness (QED) is 0.286. The first kappa shape index (κ1) is 31.2.